The third-order valence-electron chi connectivity index (χ3n) is 4.77. The van der Waals surface area contributed by atoms with Crippen molar-refractivity contribution in [3.63, 3.8) is 0 Å². The molecule has 0 aromatic carbocycles. The molecule has 1 aliphatic carbocycles. The van der Waals surface area contributed by atoms with Crippen LogP contribution in [-0.4, -0.2) is 37.1 Å². The minimum absolute atomic E-state index is 0.603. The highest BCUT2D eigenvalue weighted by Gasteiger charge is 2.31. The molecule has 0 unspecified atom stereocenters. The molecule has 0 radical (unpaired) electrons. The Morgan fingerprint density at radius 3 is 2.00 bits per heavy atom. The molecule has 1 aliphatic heterocycles. The van der Waals surface area contributed by atoms with E-state index in [1.165, 1.54) is 51.6 Å². The van der Waals surface area contributed by atoms with Crippen LogP contribution in [0.3, 0.4) is 0 Å². The van der Waals surface area contributed by atoms with E-state index >= 15 is 0 Å². The number of nitrogens with zero attached hydrogens (tertiary/aromatic N) is 1. The van der Waals surface area contributed by atoms with Gasteiger partial charge >= 0.3 is 0 Å². The van der Waals surface area contributed by atoms with E-state index in [1.807, 2.05) is 0 Å². The molecule has 1 heterocycles. The Balaban J connectivity index is 1.83. The number of rotatable bonds is 2. The number of piperidine rings is 1. The summed E-state index contributed by atoms with van der Waals surface area (Å²) in [7, 11) is 2.36. The normalized spacial score (nSPS) is 28.5. The van der Waals surface area contributed by atoms with Gasteiger partial charge in [0.15, 0.2) is 0 Å². The number of hydrogen-bond acceptors (Lipinski definition) is 2. The van der Waals surface area contributed by atoms with Gasteiger partial charge in [-0.15, -0.1) is 0 Å². The molecule has 1 saturated carbocycles. The van der Waals surface area contributed by atoms with E-state index in [0.717, 1.165) is 12.1 Å². The topological polar surface area (TPSA) is 15.3 Å². The van der Waals surface area contributed by atoms with Crippen molar-refractivity contribution in [2.45, 2.75) is 64.5 Å². The van der Waals surface area contributed by atoms with Gasteiger partial charge in [0, 0.05) is 12.1 Å². The van der Waals surface area contributed by atoms with Crippen molar-refractivity contribution in [2.24, 2.45) is 5.41 Å². The first kappa shape index (κ1) is 12.4. The Kier molecular flexibility index (Phi) is 3.91. The number of nitrogens with one attached hydrogen (secondary N) is 1. The fourth-order valence-electron chi connectivity index (χ4n) is 3.30. The fraction of sp³-hybridized carbons (Fsp3) is 1.00. The van der Waals surface area contributed by atoms with Crippen LogP contribution in [0, 0.1) is 5.41 Å². The lowest BCUT2D eigenvalue weighted by molar-refractivity contribution is 0.0811. The first-order chi connectivity index (χ1) is 7.58. The molecule has 0 amide bonds. The van der Waals surface area contributed by atoms with E-state index in [2.05, 4.69) is 31.1 Å². The smallest absolute Gasteiger partial charge is 0.0119 e. The third kappa shape index (κ3) is 2.98. The van der Waals surface area contributed by atoms with Gasteiger partial charge in [-0.3, -0.25) is 0 Å². The van der Waals surface area contributed by atoms with Gasteiger partial charge < -0.3 is 10.2 Å². The van der Waals surface area contributed by atoms with Crippen LogP contribution in [0.4, 0.5) is 0 Å². The van der Waals surface area contributed by atoms with Crippen LogP contribution in [0.25, 0.3) is 0 Å². The summed E-state index contributed by atoms with van der Waals surface area (Å²) in [6.45, 7) is 7.28. The molecule has 1 N–H and O–H groups in total. The standard InChI is InChI=1S/C14H28N2/c1-14(2)8-4-12(5-9-14)16(3)13-6-10-15-11-7-13/h12-13,15H,4-11H2,1-3H3. The average Bonchev–Trinajstić information content (AvgIpc) is 2.29. The van der Waals surface area contributed by atoms with Crippen molar-refractivity contribution in [1.29, 1.82) is 0 Å². The summed E-state index contributed by atoms with van der Waals surface area (Å²) >= 11 is 0. The first-order valence-corrected chi connectivity index (χ1v) is 7.01. The summed E-state index contributed by atoms with van der Waals surface area (Å²) in [5.41, 5.74) is 0.603. The highest BCUT2D eigenvalue weighted by Crippen LogP contribution is 2.37. The average molecular weight is 224 g/mol. The van der Waals surface area contributed by atoms with Gasteiger partial charge in [0.25, 0.3) is 0 Å². The second-order valence-electron chi connectivity index (χ2n) is 6.54. The molecule has 0 atom stereocenters. The van der Waals surface area contributed by atoms with Gasteiger partial charge in [-0.1, -0.05) is 13.8 Å². The summed E-state index contributed by atoms with van der Waals surface area (Å²) in [6.07, 6.45) is 8.33. The van der Waals surface area contributed by atoms with Crippen LogP contribution >= 0.6 is 0 Å². The lowest BCUT2D eigenvalue weighted by Gasteiger charge is -2.43. The van der Waals surface area contributed by atoms with Gasteiger partial charge in [-0.25, -0.2) is 0 Å². The van der Waals surface area contributed by atoms with E-state index in [4.69, 9.17) is 0 Å². The predicted octanol–water partition coefficient (Wildman–Crippen LogP) is 2.64. The van der Waals surface area contributed by atoms with Crippen molar-refractivity contribution in [3.05, 3.63) is 0 Å². The third-order valence-corrected chi connectivity index (χ3v) is 4.77. The summed E-state index contributed by atoms with van der Waals surface area (Å²) in [5, 5.41) is 3.46. The van der Waals surface area contributed by atoms with Crippen molar-refractivity contribution in [2.75, 3.05) is 20.1 Å². The van der Waals surface area contributed by atoms with E-state index in [9.17, 15) is 0 Å². The van der Waals surface area contributed by atoms with Crippen molar-refractivity contribution >= 4 is 0 Å². The second kappa shape index (κ2) is 5.05. The summed E-state index contributed by atoms with van der Waals surface area (Å²) in [6, 6.07) is 1.70. The van der Waals surface area contributed by atoms with Crippen molar-refractivity contribution in [1.82, 2.24) is 10.2 Å². The van der Waals surface area contributed by atoms with E-state index in [0.29, 0.717) is 5.41 Å². The van der Waals surface area contributed by atoms with Crippen LogP contribution in [0.5, 0.6) is 0 Å². The molecule has 0 aromatic heterocycles. The van der Waals surface area contributed by atoms with Gasteiger partial charge in [-0.2, -0.15) is 0 Å². The van der Waals surface area contributed by atoms with E-state index in [1.54, 1.807) is 0 Å². The summed E-state index contributed by atoms with van der Waals surface area (Å²) in [5.74, 6) is 0. The Bertz CT molecular complexity index is 209. The molecule has 2 fully saturated rings. The Hall–Kier alpha value is -0.0800. The fourth-order valence-corrected chi connectivity index (χ4v) is 3.30. The zero-order valence-electron chi connectivity index (χ0n) is 11.3. The zero-order chi connectivity index (χ0) is 11.6. The summed E-state index contributed by atoms with van der Waals surface area (Å²) in [4.78, 5) is 2.69. The molecular formula is C14H28N2. The Morgan fingerprint density at radius 1 is 0.938 bits per heavy atom. The zero-order valence-corrected chi connectivity index (χ0v) is 11.3. The molecular weight excluding hydrogens is 196 g/mol. The maximum Gasteiger partial charge on any atom is 0.0119 e. The Morgan fingerprint density at radius 2 is 1.44 bits per heavy atom. The second-order valence-corrected chi connectivity index (χ2v) is 6.54. The molecule has 1 saturated heterocycles. The highest BCUT2D eigenvalue weighted by atomic mass is 15.2. The molecule has 2 aliphatic rings. The molecule has 0 aromatic rings. The number of hydrogen-bond donors (Lipinski definition) is 1. The predicted molar refractivity (Wildman–Crippen MR) is 69.7 cm³/mol. The van der Waals surface area contributed by atoms with Gasteiger partial charge in [0.2, 0.25) is 0 Å². The van der Waals surface area contributed by atoms with Crippen LogP contribution in [0.1, 0.15) is 52.4 Å². The van der Waals surface area contributed by atoms with E-state index < -0.39 is 0 Å². The molecule has 0 spiro atoms. The van der Waals surface area contributed by atoms with Gasteiger partial charge in [-0.05, 0) is 64.1 Å². The van der Waals surface area contributed by atoms with Crippen LogP contribution in [0.2, 0.25) is 0 Å². The van der Waals surface area contributed by atoms with Crippen LogP contribution in [-0.2, 0) is 0 Å². The SMILES string of the molecule is CN(C1CCNCC1)C1CCC(C)(C)CC1. The largest absolute Gasteiger partial charge is 0.317 e. The minimum atomic E-state index is 0.603. The molecule has 94 valence electrons. The molecule has 0 bridgehead atoms. The van der Waals surface area contributed by atoms with Crippen LogP contribution in [0.15, 0.2) is 0 Å². The molecule has 2 heteroatoms. The van der Waals surface area contributed by atoms with Crippen molar-refractivity contribution in [3.8, 4) is 0 Å². The van der Waals surface area contributed by atoms with Gasteiger partial charge in [0.1, 0.15) is 0 Å². The molecule has 2 nitrogen and oxygen atoms in total. The lowest BCUT2D eigenvalue weighted by atomic mass is 9.75. The molecule has 16 heavy (non-hydrogen) atoms. The van der Waals surface area contributed by atoms with E-state index in [-0.39, 0.29) is 0 Å². The monoisotopic (exact) mass is 224 g/mol. The highest BCUT2D eigenvalue weighted by molar-refractivity contribution is 4.86. The first-order valence-electron chi connectivity index (χ1n) is 7.01. The van der Waals surface area contributed by atoms with Gasteiger partial charge in [0.05, 0.1) is 0 Å². The summed E-state index contributed by atoms with van der Waals surface area (Å²) < 4.78 is 0. The van der Waals surface area contributed by atoms with Crippen molar-refractivity contribution < 1.29 is 0 Å². The minimum Gasteiger partial charge on any atom is -0.317 e. The molecule has 2 rings (SSSR count). The van der Waals surface area contributed by atoms with Crippen LogP contribution < -0.4 is 5.32 Å². The maximum absolute atomic E-state index is 3.46. The quantitative estimate of drug-likeness (QED) is 0.776. The lowest BCUT2D eigenvalue weighted by Crippen LogP contribution is -2.47. The maximum atomic E-state index is 3.46. The Labute approximate surface area is 101 Å².